The van der Waals surface area contributed by atoms with E-state index in [2.05, 4.69) is 20.8 Å². The molecule has 0 aromatic heterocycles. The molecule has 0 N–H and O–H groups in total. The van der Waals surface area contributed by atoms with Gasteiger partial charge in [-0.2, -0.15) is 0 Å². The van der Waals surface area contributed by atoms with Crippen LogP contribution in [0.5, 0.6) is 0 Å². The molecule has 0 aliphatic rings. The van der Waals surface area contributed by atoms with Crippen LogP contribution in [0.25, 0.3) is 0 Å². The second kappa shape index (κ2) is 5.60. The van der Waals surface area contributed by atoms with E-state index < -0.39 is 11.1 Å². The highest BCUT2D eigenvalue weighted by atomic mass is 32.2. The number of benzene rings is 1. The zero-order chi connectivity index (χ0) is 12.3. The Morgan fingerprint density at radius 1 is 1.31 bits per heavy atom. The second-order valence-electron chi connectivity index (χ2n) is 4.77. The van der Waals surface area contributed by atoms with Crippen molar-refractivity contribution in [2.75, 3.05) is 0 Å². The van der Waals surface area contributed by atoms with Crippen molar-refractivity contribution in [2.24, 2.45) is 11.8 Å². The summed E-state index contributed by atoms with van der Waals surface area (Å²) in [4.78, 5) is 0.443. The monoisotopic (exact) mass is 239 g/mol. The fraction of sp³-hybridized carbons (Fsp3) is 0.538. The summed E-state index contributed by atoms with van der Waals surface area (Å²) in [5.74, 6) is 1.05. The molecule has 0 saturated heterocycles. The summed E-state index contributed by atoms with van der Waals surface area (Å²) in [6.45, 7) is 8.47. The van der Waals surface area contributed by atoms with Crippen LogP contribution >= 0.6 is 0 Å². The Balaban J connectivity index is 3.01. The SMILES string of the molecule is Cc1ccc(S(=O)[O-])c(CC(C)C(C)C)c1. The first-order valence-corrected chi connectivity index (χ1v) is 6.68. The zero-order valence-electron chi connectivity index (χ0n) is 10.3. The highest BCUT2D eigenvalue weighted by molar-refractivity contribution is 7.79. The molecule has 1 aromatic rings. The lowest BCUT2D eigenvalue weighted by molar-refractivity contribution is 0.414. The van der Waals surface area contributed by atoms with Gasteiger partial charge in [0, 0.05) is 4.90 Å². The molecule has 3 heteroatoms. The minimum absolute atomic E-state index is 0.443. The third-order valence-corrected chi connectivity index (χ3v) is 3.83. The number of rotatable bonds is 4. The molecule has 2 unspecified atom stereocenters. The highest BCUT2D eigenvalue weighted by Crippen LogP contribution is 2.22. The lowest BCUT2D eigenvalue weighted by Gasteiger charge is -2.19. The average Bonchev–Trinajstić information content (AvgIpc) is 2.16. The Kier molecular flexibility index (Phi) is 4.69. The van der Waals surface area contributed by atoms with Gasteiger partial charge in [-0.3, -0.25) is 4.21 Å². The van der Waals surface area contributed by atoms with Crippen molar-refractivity contribution in [1.82, 2.24) is 0 Å². The maximum absolute atomic E-state index is 11.1. The van der Waals surface area contributed by atoms with E-state index in [1.165, 1.54) is 0 Å². The van der Waals surface area contributed by atoms with Crippen LogP contribution in [0.4, 0.5) is 0 Å². The van der Waals surface area contributed by atoms with E-state index in [1.807, 2.05) is 19.1 Å². The summed E-state index contributed by atoms with van der Waals surface area (Å²) in [5.41, 5.74) is 2.05. The fourth-order valence-corrected chi connectivity index (χ4v) is 2.15. The smallest absolute Gasteiger partial charge is 0.0281 e. The van der Waals surface area contributed by atoms with E-state index >= 15 is 0 Å². The summed E-state index contributed by atoms with van der Waals surface area (Å²) in [6.07, 6.45) is 0.822. The minimum atomic E-state index is -2.13. The molecule has 0 radical (unpaired) electrons. The van der Waals surface area contributed by atoms with Crippen LogP contribution in [0.3, 0.4) is 0 Å². The molecule has 0 aliphatic carbocycles. The maximum Gasteiger partial charge on any atom is 0.0281 e. The molecule has 0 bridgehead atoms. The van der Waals surface area contributed by atoms with Gasteiger partial charge < -0.3 is 4.55 Å². The van der Waals surface area contributed by atoms with E-state index in [1.54, 1.807) is 6.07 Å². The average molecular weight is 239 g/mol. The van der Waals surface area contributed by atoms with Crippen LogP contribution < -0.4 is 0 Å². The first-order valence-electron chi connectivity index (χ1n) is 5.60. The first-order chi connectivity index (χ1) is 7.41. The van der Waals surface area contributed by atoms with Gasteiger partial charge in [0.25, 0.3) is 0 Å². The lowest BCUT2D eigenvalue weighted by Crippen LogP contribution is -2.09. The van der Waals surface area contributed by atoms with Crippen LogP contribution in [0.15, 0.2) is 23.1 Å². The minimum Gasteiger partial charge on any atom is -0.768 e. The maximum atomic E-state index is 11.1. The molecule has 16 heavy (non-hydrogen) atoms. The fourth-order valence-electron chi connectivity index (χ4n) is 1.61. The van der Waals surface area contributed by atoms with Crippen molar-refractivity contribution in [3.8, 4) is 0 Å². The van der Waals surface area contributed by atoms with Crippen molar-refractivity contribution in [3.63, 3.8) is 0 Å². The largest absolute Gasteiger partial charge is 0.768 e. The van der Waals surface area contributed by atoms with Gasteiger partial charge in [-0.15, -0.1) is 0 Å². The molecular formula is C13H19O2S-. The van der Waals surface area contributed by atoms with E-state index in [4.69, 9.17) is 0 Å². The molecule has 0 aliphatic heterocycles. The van der Waals surface area contributed by atoms with Gasteiger partial charge in [0.1, 0.15) is 0 Å². The van der Waals surface area contributed by atoms with Gasteiger partial charge in [-0.05, 0) is 47.9 Å². The zero-order valence-corrected chi connectivity index (χ0v) is 11.1. The van der Waals surface area contributed by atoms with Crippen molar-refractivity contribution in [2.45, 2.75) is 39.0 Å². The van der Waals surface area contributed by atoms with E-state index in [0.29, 0.717) is 16.7 Å². The van der Waals surface area contributed by atoms with Gasteiger partial charge in [-0.25, -0.2) is 0 Å². The van der Waals surface area contributed by atoms with Gasteiger partial charge in [0.05, 0.1) is 0 Å². The third kappa shape index (κ3) is 3.42. The predicted octanol–water partition coefficient (Wildman–Crippen LogP) is 3.07. The van der Waals surface area contributed by atoms with E-state index in [9.17, 15) is 8.76 Å². The molecule has 0 heterocycles. The van der Waals surface area contributed by atoms with Crippen LogP contribution in [-0.4, -0.2) is 8.76 Å². The van der Waals surface area contributed by atoms with Crippen LogP contribution in [0, 0.1) is 18.8 Å². The predicted molar refractivity (Wildman–Crippen MR) is 66.1 cm³/mol. The molecule has 0 spiro atoms. The van der Waals surface area contributed by atoms with Crippen LogP contribution in [0.1, 0.15) is 31.9 Å². The quantitative estimate of drug-likeness (QED) is 0.758. The molecule has 1 aromatic carbocycles. The number of hydrogen-bond acceptors (Lipinski definition) is 2. The topological polar surface area (TPSA) is 40.1 Å². The van der Waals surface area contributed by atoms with Crippen molar-refractivity contribution in [1.29, 1.82) is 0 Å². The normalized spacial score (nSPS) is 15.1. The summed E-state index contributed by atoms with van der Waals surface area (Å²) < 4.78 is 22.2. The summed E-state index contributed by atoms with van der Waals surface area (Å²) >= 11 is -2.13. The number of hydrogen-bond donors (Lipinski definition) is 0. The Bertz CT molecular complexity index is 386. The lowest BCUT2D eigenvalue weighted by atomic mass is 9.90. The Morgan fingerprint density at radius 2 is 1.94 bits per heavy atom. The van der Waals surface area contributed by atoms with Gasteiger partial charge in [-0.1, -0.05) is 38.5 Å². The van der Waals surface area contributed by atoms with Gasteiger partial charge in [0.15, 0.2) is 0 Å². The molecule has 0 amide bonds. The second-order valence-corrected chi connectivity index (χ2v) is 5.68. The molecule has 2 nitrogen and oxygen atoms in total. The first kappa shape index (κ1) is 13.4. The molecular weight excluding hydrogens is 220 g/mol. The summed E-state index contributed by atoms with van der Waals surface area (Å²) in [5, 5.41) is 0. The van der Waals surface area contributed by atoms with Crippen molar-refractivity contribution in [3.05, 3.63) is 29.3 Å². The molecule has 0 fully saturated rings. The Morgan fingerprint density at radius 3 is 2.44 bits per heavy atom. The Labute approximate surface area is 100 Å². The summed E-state index contributed by atoms with van der Waals surface area (Å²) in [7, 11) is 0. The molecule has 1 rings (SSSR count). The number of aryl methyl sites for hydroxylation is 1. The van der Waals surface area contributed by atoms with E-state index in [-0.39, 0.29) is 0 Å². The molecule has 90 valence electrons. The van der Waals surface area contributed by atoms with E-state index in [0.717, 1.165) is 17.5 Å². The van der Waals surface area contributed by atoms with Gasteiger partial charge >= 0.3 is 0 Å². The third-order valence-electron chi connectivity index (χ3n) is 3.08. The molecule has 2 atom stereocenters. The Hall–Kier alpha value is -0.670. The van der Waals surface area contributed by atoms with Gasteiger partial charge in [0.2, 0.25) is 0 Å². The summed E-state index contributed by atoms with van der Waals surface area (Å²) in [6, 6.07) is 5.51. The molecule has 0 saturated carbocycles. The van der Waals surface area contributed by atoms with Crippen molar-refractivity contribution >= 4 is 11.1 Å². The van der Waals surface area contributed by atoms with Crippen molar-refractivity contribution < 1.29 is 8.76 Å². The van der Waals surface area contributed by atoms with Crippen LogP contribution in [-0.2, 0) is 17.5 Å². The standard InChI is InChI=1S/C13H20O2S/c1-9(2)11(4)8-12-7-10(3)5-6-13(12)16(14)15/h5-7,9,11H,8H2,1-4H3,(H,14,15)/p-1. The van der Waals surface area contributed by atoms with Crippen LogP contribution in [0.2, 0.25) is 0 Å². The highest BCUT2D eigenvalue weighted by Gasteiger charge is 2.11.